The quantitative estimate of drug-likeness (QED) is 0.583. The lowest BCUT2D eigenvalue weighted by Crippen LogP contribution is -2.49. The van der Waals surface area contributed by atoms with Gasteiger partial charge < -0.3 is 20.1 Å². The third-order valence-corrected chi connectivity index (χ3v) is 4.90. The predicted molar refractivity (Wildman–Crippen MR) is 116 cm³/mol. The fourth-order valence-corrected chi connectivity index (χ4v) is 3.26. The topological polar surface area (TPSA) is 130 Å². The van der Waals surface area contributed by atoms with Crippen molar-refractivity contribution < 1.29 is 28.7 Å². The van der Waals surface area contributed by atoms with E-state index in [0.29, 0.717) is 31.0 Å². The summed E-state index contributed by atoms with van der Waals surface area (Å²) in [7, 11) is 2.84. The molecule has 0 bridgehead atoms. The largest absolute Gasteiger partial charge is 0.481 e. The Kier molecular flexibility index (Phi) is 7.79. The summed E-state index contributed by atoms with van der Waals surface area (Å²) < 4.78 is 10.2. The summed E-state index contributed by atoms with van der Waals surface area (Å²) >= 11 is 0. The van der Waals surface area contributed by atoms with Crippen LogP contribution in [0.2, 0.25) is 0 Å². The molecule has 174 valence electrons. The van der Waals surface area contributed by atoms with E-state index in [9.17, 15) is 19.2 Å². The summed E-state index contributed by atoms with van der Waals surface area (Å²) in [5.41, 5.74) is 0.613. The Morgan fingerprint density at radius 2 is 1.64 bits per heavy atom. The highest BCUT2D eigenvalue weighted by atomic mass is 16.5. The minimum absolute atomic E-state index is 0.0844. The standard InChI is InChI=1S/C22H25N5O6/c1-32-18-10-9-16(21(25-18)33-2)22(31)27-12-6-11-26(27)19(29)14-23-17(28)13-24-20(30)15-7-4-3-5-8-15/h3-5,7-10H,6,11-14H2,1-2H3,(H,23,28)(H,24,30). The maximum absolute atomic E-state index is 13.0. The molecule has 1 aromatic heterocycles. The minimum Gasteiger partial charge on any atom is -0.481 e. The average Bonchev–Trinajstić information content (AvgIpc) is 3.35. The van der Waals surface area contributed by atoms with Gasteiger partial charge in [0, 0.05) is 24.7 Å². The van der Waals surface area contributed by atoms with Gasteiger partial charge in [-0.25, -0.2) is 10.0 Å². The summed E-state index contributed by atoms with van der Waals surface area (Å²) in [6.45, 7) is 0.0676. The molecule has 0 spiro atoms. The molecule has 2 N–H and O–H groups in total. The lowest BCUT2D eigenvalue weighted by Gasteiger charge is -2.28. The van der Waals surface area contributed by atoms with E-state index in [1.807, 2.05) is 0 Å². The number of pyridine rings is 1. The fourth-order valence-electron chi connectivity index (χ4n) is 3.26. The van der Waals surface area contributed by atoms with Crippen molar-refractivity contribution in [3.05, 3.63) is 53.6 Å². The summed E-state index contributed by atoms with van der Waals surface area (Å²) in [6.07, 6.45) is 0.588. The van der Waals surface area contributed by atoms with Crippen LogP contribution in [0, 0.1) is 0 Å². The van der Waals surface area contributed by atoms with Crippen LogP contribution in [0.4, 0.5) is 0 Å². The zero-order valence-electron chi connectivity index (χ0n) is 18.4. The first kappa shape index (κ1) is 23.5. The zero-order chi connectivity index (χ0) is 23.8. The Morgan fingerprint density at radius 3 is 2.33 bits per heavy atom. The lowest BCUT2D eigenvalue weighted by molar-refractivity contribution is -0.140. The van der Waals surface area contributed by atoms with E-state index in [1.54, 1.807) is 30.3 Å². The number of carbonyl (C=O) groups excluding carboxylic acids is 4. The number of rotatable bonds is 8. The van der Waals surface area contributed by atoms with Crippen molar-refractivity contribution in [2.75, 3.05) is 40.4 Å². The van der Waals surface area contributed by atoms with Crippen LogP contribution in [-0.4, -0.2) is 79.0 Å². The molecule has 33 heavy (non-hydrogen) atoms. The van der Waals surface area contributed by atoms with Crippen molar-refractivity contribution in [3.63, 3.8) is 0 Å². The van der Waals surface area contributed by atoms with Crippen LogP contribution in [-0.2, 0) is 9.59 Å². The number of aromatic nitrogens is 1. The van der Waals surface area contributed by atoms with Gasteiger partial charge in [0.2, 0.25) is 17.7 Å². The van der Waals surface area contributed by atoms with Gasteiger partial charge in [0.05, 0.1) is 27.3 Å². The van der Waals surface area contributed by atoms with Crippen molar-refractivity contribution in [3.8, 4) is 11.8 Å². The van der Waals surface area contributed by atoms with Crippen LogP contribution >= 0.6 is 0 Å². The molecule has 1 aliphatic rings. The monoisotopic (exact) mass is 455 g/mol. The van der Waals surface area contributed by atoms with Crippen LogP contribution in [0.1, 0.15) is 27.1 Å². The molecular weight excluding hydrogens is 430 g/mol. The SMILES string of the molecule is COc1ccc(C(=O)N2CCCN2C(=O)CNC(=O)CNC(=O)c2ccccc2)c(OC)n1. The van der Waals surface area contributed by atoms with Crippen LogP contribution in [0.5, 0.6) is 11.8 Å². The van der Waals surface area contributed by atoms with Crippen molar-refractivity contribution in [2.45, 2.75) is 6.42 Å². The van der Waals surface area contributed by atoms with Gasteiger partial charge in [-0.3, -0.25) is 19.2 Å². The summed E-state index contributed by atoms with van der Waals surface area (Å²) in [6, 6.07) is 11.5. The number of hydrogen-bond acceptors (Lipinski definition) is 7. The molecule has 1 saturated heterocycles. The molecule has 11 nitrogen and oxygen atoms in total. The van der Waals surface area contributed by atoms with Gasteiger partial charge in [-0.2, -0.15) is 4.98 Å². The Balaban J connectivity index is 1.55. The molecule has 0 radical (unpaired) electrons. The third-order valence-electron chi connectivity index (χ3n) is 4.90. The van der Waals surface area contributed by atoms with Gasteiger partial charge in [-0.15, -0.1) is 0 Å². The molecule has 1 fully saturated rings. The van der Waals surface area contributed by atoms with Gasteiger partial charge in [0.15, 0.2) is 0 Å². The first-order valence-corrected chi connectivity index (χ1v) is 10.3. The highest BCUT2D eigenvalue weighted by molar-refractivity contribution is 5.98. The molecule has 4 amide bonds. The van der Waals surface area contributed by atoms with Gasteiger partial charge >= 0.3 is 0 Å². The number of methoxy groups -OCH3 is 2. The molecule has 0 saturated carbocycles. The lowest BCUT2D eigenvalue weighted by atomic mass is 10.2. The van der Waals surface area contributed by atoms with E-state index in [0.717, 1.165) is 0 Å². The van der Waals surface area contributed by atoms with Crippen molar-refractivity contribution in [2.24, 2.45) is 0 Å². The minimum atomic E-state index is -0.522. The van der Waals surface area contributed by atoms with Crippen LogP contribution < -0.4 is 20.1 Å². The number of nitrogens with zero attached hydrogens (tertiary/aromatic N) is 3. The van der Waals surface area contributed by atoms with E-state index in [2.05, 4.69) is 15.6 Å². The van der Waals surface area contributed by atoms with E-state index in [4.69, 9.17) is 9.47 Å². The van der Waals surface area contributed by atoms with Gasteiger partial charge in [0.1, 0.15) is 5.56 Å². The van der Waals surface area contributed by atoms with Crippen LogP contribution in [0.25, 0.3) is 0 Å². The Hall–Kier alpha value is -4.15. The van der Waals surface area contributed by atoms with Gasteiger partial charge in [0.25, 0.3) is 17.7 Å². The Morgan fingerprint density at radius 1 is 0.909 bits per heavy atom. The smallest absolute Gasteiger partial charge is 0.277 e. The number of carbonyl (C=O) groups is 4. The summed E-state index contributed by atoms with van der Waals surface area (Å²) in [5.74, 6) is -1.44. The second kappa shape index (κ2) is 10.9. The molecule has 0 unspecified atom stereocenters. The molecule has 0 aliphatic carbocycles. The molecule has 0 atom stereocenters. The molecule has 11 heteroatoms. The average molecular weight is 455 g/mol. The molecular formula is C22H25N5O6. The van der Waals surface area contributed by atoms with E-state index >= 15 is 0 Å². The normalized spacial score (nSPS) is 12.8. The maximum Gasteiger partial charge on any atom is 0.277 e. The third kappa shape index (κ3) is 5.76. The number of ether oxygens (including phenoxy) is 2. The van der Waals surface area contributed by atoms with Gasteiger partial charge in [-0.1, -0.05) is 18.2 Å². The number of nitrogens with one attached hydrogen (secondary N) is 2. The van der Waals surface area contributed by atoms with Crippen LogP contribution in [0.3, 0.4) is 0 Å². The summed E-state index contributed by atoms with van der Waals surface area (Å²) in [5, 5.41) is 7.55. The maximum atomic E-state index is 13.0. The van der Waals surface area contributed by atoms with Crippen molar-refractivity contribution >= 4 is 23.6 Å². The zero-order valence-corrected chi connectivity index (χ0v) is 18.4. The highest BCUT2D eigenvalue weighted by Gasteiger charge is 2.33. The molecule has 2 heterocycles. The highest BCUT2D eigenvalue weighted by Crippen LogP contribution is 2.23. The van der Waals surface area contributed by atoms with E-state index in [-0.39, 0.29) is 24.5 Å². The number of amides is 4. The number of hydrazine groups is 1. The first-order valence-electron chi connectivity index (χ1n) is 10.3. The molecule has 1 aliphatic heterocycles. The summed E-state index contributed by atoms with van der Waals surface area (Å²) in [4.78, 5) is 53.9. The van der Waals surface area contributed by atoms with E-state index in [1.165, 1.54) is 36.4 Å². The molecule has 1 aromatic carbocycles. The number of benzene rings is 1. The first-order chi connectivity index (χ1) is 15.9. The predicted octanol–water partition coefficient (Wildman–Crippen LogP) is 0.235. The van der Waals surface area contributed by atoms with Gasteiger partial charge in [-0.05, 0) is 24.6 Å². The van der Waals surface area contributed by atoms with Crippen molar-refractivity contribution in [1.82, 2.24) is 25.6 Å². The Labute approximate surface area is 190 Å². The Bertz CT molecular complexity index is 1030. The van der Waals surface area contributed by atoms with Crippen LogP contribution in [0.15, 0.2) is 42.5 Å². The molecule has 3 rings (SSSR count). The van der Waals surface area contributed by atoms with E-state index < -0.39 is 23.6 Å². The van der Waals surface area contributed by atoms with Crippen molar-refractivity contribution in [1.29, 1.82) is 0 Å². The fraction of sp³-hybridized carbons (Fsp3) is 0.318. The second-order valence-corrected chi connectivity index (χ2v) is 7.03. The number of hydrogen-bond donors (Lipinski definition) is 2. The second-order valence-electron chi connectivity index (χ2n) is 7.03. The molecule has 2 aromatic rings.